The van der Waals surface area contributed by atoms with E-state index in [9.17, 15) is 20.4 Å². The van der Waals surface area contributed by atoms with Crippen LogP contribution in [0.15, 0.2) is 78.9 Å². The second-order valence-corrected chi connectivity index (χ2v) is 9.42. The number of hydrogen-bond donors (Lipinski definition) is 4. The van der Waals surface area contributed by atoms with Crippen molar-refractivity contribution in [1.29, 1.82) is 0 Å². The first-order chi connectivity index (χ1) is 16.4. The Kier molecular flexibility index (Phi) is 8.04. The number of benzene rings is 3. The van der Waals surface area contributed by atoms with Crippen LogP contribution in [-0.2, 0) is 10.5 Å². The van der Waals surface area contributed by atoms with Crippen molar-refractivity contribution in [3.8, 4) is 0 Å². The summed E-state index contributed by atoms with van der Waals surface area (Å²) < 4.78 is 5.84. The molecule has 0 aromatic heterocycles. The third-order valence-corrected chi connectivity index (χ3v) is 6.68. The van der Waals surface area contributed by atoms with Crippen molar-refractivity contribution >= 4 is 11.6 Å². The van der Waals surface area contributed by atoms with Crippen LogP contribution < -0.4 is 0 Å². The van der Waals surface area contributed by atoms with E-state index in [1.807, 2.05) is 48.5 Å². The number of aliphatic hydroxyl groups excluding tert-OH is 2. The van der Waals surface area contributed by atoms with Crippen LogP contribution in [0.25, 0.3) is 0 Å². The molecule has 0 radical (unpaired) electrons. The molecule has 1 heterocycles. The van der Waals surface area contributed by atoms with Gasteiger partial charge in [-0.3, -0.25) is 0 Å². The second kappa shape index (κ2) is 11.0. The molecule has 3 atom stereocenters. The molecule has 0 amide bonds. The summed E-state index contributed by atoms with van der Waals surface area (Å²) in [5.74, 6) is -1.67. The molecule has 3 aromatic rings. The van der Waals surface area contributed by atoms with E-state index >= 15 is 0 Å². The molecule has 2 aliphatic rings. The molecule has 3 aromatic carbocycles. The zero-order valence-corrected chi connectivity index (χ0v) is 19.7. The molecule has 2 fully saturated rings. The minimum atomic E-state index is -2.25. The molecule has 1 aliphatic carbocycles. The largest absolute Gasteiger partial charge is 0.394 e. The molecule has 0 bridgehead atoms. The van der Waals surface area contributed by atoms with E-state index < -0.39 is 24.1 Å². The Morgan fingerprint density at radius 3 is 2.00 bits per heavy atom. The van der Waals surface area contributed by atoms with Gasteiger partial charge in [-0.1, -0.05) is 78.3 Å². The maximum Gasteiger partial charge on any atom is 0.218 e. The van der Waals surface area contributed by atoms with Crippen LogP contribution in [0.3, 0.4) is 0 Å². The summed E-state index contributed by atoms with van der Waals surface area (Å²) in [6.07, 6.45) is 1.62. The van der Waals surface area contributed by atoms with Gasteiger partial charge in [-0.05, 0) is 42.0 Å². The lowest BCUT2D eigenvalue weighted by Gasteiger charge is -2.33. The lowest BCUT2D eigenvalue weighted by Crippen LogP contribution is -2.34. The zero-order chi connectivity index (χ0) is 24.1. The monoisotopic (exact) mass is 482 g/mol. The molecule has 6 heteroatoms. The van der Waals surface area contributed by atoms with Gasteiger partial charge in [-0.15, -0.1) is 0 Å². The van der Waals surface area contributed by atoms with E-state index in [1.54, 1.807) is 30.3 Å². The first kappa shape index (κ1) is 24.9. The van der Waals surface area contributed by atoms with Gasteiger partial charge in [0, 0.05) is 29.0 Å². The highest BCUT2D eigenvalue weighted by Gasteiger charge is 2.34. The lowest BCUT2D eigenvalue weighted by molar-refractivity contribution is -0.132. The van der Waals surface area contributed by atoms with Crippen LogP contribution in [-0.4, -0.2) is 39.2 Å². The standard InChI is InChI=1S/C22H25ClO5.C6H6/c23-20-8-5-15(21-11-17(25)10-18(12-24)28-21)9-19(20)22(26,27)16-6-3-14(4-7-16)13-1-2-13;1-2-4-6-5-3-1/h3-9,13,17-18,21,24-27H,1-2,10-12H2;1-6H. The normalized spacial score (nSPS) is 22.6. The minimum absolute atomic E-state index is 0.162. The van der Waals surface area contributed by atoms with Gasteiger partial charge in [0.1, 0.15) is 0 Å². The van der Waals surface area contributed by atoms with Gasteiger partial charge in [-0.25, -0.2) is 0 Å². The van der Waals surface area contributed by atoms with Crippen LogP contribution >= 0.6 is 11.6 Å². The highest BCUT2D eigenvalue weighted by molar-refractivity contribution is 6.31. The van der Waals surface area contributed by atoms with Crippen LogP contribution in [0.1, 0.15) is 60.0 Å². The number of aliphatic hydroxyl groups is 4. The summed E-state index contributed by atoms with van der Waals surface area (Å²) in [5, 5.41) is 41.5. The highest BCUT2D eigenvalue weighted by Crippen LogP contribution is 2.41. The predicted octanol–water partition coefficient (Wildman–Crippen LogP) is 4.66. The molecule has 5 rings (SSSR count). The van der Waals surface area contributed by atoms with E-state index in [4.69, 9.17) is 16.3 Å². The fraction of sp³-hybridized carbons (Fsp3) is 0.357. The summed E-state index contributed by atoms with van der Waals surface area (Å²) in [7, 11) is 0. The van der Waals surface area contributed by atoms with Gasteiger partial charge in [-0.2, -0.15) is 0 Å². The van der Waals surface area contributed by atoms with Crippen molar-refractivity contribution in [1.82, 2.24) is 0 Å². The Morgan fingerprint density at radius 2 is 1.44 bits per heavy atom. The fourth-order valence-corrected chi connectivity index (χ4v) is 4.53. The van der Waals surface area contributed by atoms with Crippen molar-refractivity contribution in [2.75, 3.05) is 6.61 Å². The van der Waals surface area contributed by atoms with Gasteiger partial charge in [0.2, 0.25) is 5.79 Å². The Balaban J connectivity index is 0.000000398. The molecular weight excluding hydrogens is 452 g/mol. The number of halogens is 1. The van der Waals surface area contributed by atoms with Crippen molar-refractivity contribution in [2.24, 2.45) is 0 Å². The van der Waals surface area contributed by atoms with Gasteiger partial charge in [0.15, 0.2) is 0 Å². The van der Waals surface area contributed by atoms with Crippen molar-refractivity contribution in [2.45, 2.75) is 55.7 Å². The Morgan fingerprint density at radius 1 is 0.853 bits per heavy atom. The maximum atomic E-state index is 10.9. The van der Waals surface area contributed by atoms with Gasteiger partial charge < -0.3 is 25.2 Å². The van der Waals surface area contributed by atoms with E-state index in [-0.39, 0.29) is 17.2 Å². The fourth-order valence-electron chi connectivity index (χ4n) is 4.28. The van der Waals surface area contributed by atoms with E-state index in [1.165, 1.54) is 18.4 Å². The Bertz CT molecular complexity index is 1020. The number of hydrogen-bond acceptors (Lipinski definition) is 5. The average molecular weight is 483 g/mol. The van der Waals surface area contributed by atoms with E-state index in [0.29, 0.717) is 29.9 Å². The summed E-state index contributed by atoms with van der Waals surface area (Å²) in [6, 6.07) is 24.3. The molecule has 1 saturated carbocycles. The third kappa shape index (κ3) is 6.05. The number of rotatable bonds is 5. The second-order valence-electron chi connectivity index (χ2n) is 9.02. The molecule has 3 unspecified atom stereocenters. The van der Waals surface area contributed by atoms with Gasteiger partial charge >= 0.3 is 0 Å². The predicted molar refractivity (Wildman–Crippen MR) is 131 cm³/mol. The molecule has 5 nitrogen and oxygen atoms in total. The summed E-state index contributed by atoms with van der Waals surface area (Å²) in [6.45, 7) is -0.175. The van der Waals surface area contributed by atoms with Crippen LogP contribution in [0, 0.1) is 0 Å². The van der Waals surface area contributed by atoms with E-state index in [0.717, 1.165) is 0 Å². The first-order valence-corrected chi connectivity index (χ1v) is 12.1. The van der Waals surface area contributed by atoms with Gasteiger partial charge in [0.05, 0.1) is 24.9 Å². The molecule has 1 aliphatic heterocycles. The SMILES string of the molecule is OCC1CC(O)CC(c2ccc(Cl)c(C(O)(O)c3ccc(C4CC4)cc3)c2)O1.c1ccccc1. The Hall–Kier alpha value is -2.25. The molecule has 180 valence electrons. The summed E-state index contributed by atoms with van der Waals surface area (Å²) in [5.41, 5.74) is 2.39. The van der Waals surface area contributed by atoms with E-state index in [2.05, 4.69) is 0 Å². The average Bonchev–Trinajstić information content (AvgIpc) is 3.71. The smallest absolute Gasteiger partial charge is 0.218 e. The topological polar surface area (TPSA) is 90.2 Å². The molecule has 1 saturated heterocycles. The Labute approximate surface area is 205 Å². The third-order valence-electron chi connectivity index (χ3n) is 6.35. The van der Waals surface area contributed by atoms with Crippen LogP contribution in [0.2, 0.25) is 5.02 Å². The van der Waals surface area contributed by atoms with Crippen molar-refractivity contribution < 1.29 is 25.2 Å². The first-order valence-electron chi connectivity index (χ1n) is 11.7. The zero-order valence-electron chi connectivity index (χ0n) is 18.9. The summed E-state index contributed by atoms with van der Waals surface area (Å²) in [4.78, 5) is 0. The maximum absolute atomic E-state index is 10.9. The van der Waals surface area contributed by atoms with Crippen LogP contribution in [0.4, 0.5) is 0 Å². The van der Waals surface area contributed by atoms with Crippen molar-refractivity contribution in [3.63, 3.8) is 0 Å². The van der Waals surface area contributed by atoms with Gasteiger partial charge in [0.25, 0.3) is 0 Å². The van der Waals surface area contributed by atoms with Crippen molar-refractivity contribution in [3.05, 3.63) is 106 Å². The van der Waals surface area contributed by atoms with Crippen LogP contribution in [0.5, 0.6) is 0 Å². The molecule has 0 spiro atoms. The molecule has 4 N–H and O–H groups in total. The minimum Gasteiger partial charge on any atom is -0.394 e. The summed E-state index contributed by atoms with van der Waals surface area (Å²) >= 11 is 6.30. The molecule has 34 heavy (non-hydrogen) atoms. The highest BCUT2D eigenvalue weighted by atomic mass is 35.5. The quantitative estimate of drug-likeness (QED) is 0.397. The lowest BCUT2D eigenvalue weighted by atomic mass is 9.91. The number of ether oxygens (including phenoxy) is 1. The molecular formula is C28H31ClO5.